The maximum Gasteiger partial charge on any atom is 0.0991 e. The number of nitriles is 1. The minimum Gasteiger partial charge on any atom is -0.192 e. The van der Waals surface area contributed by atoms with Crippen LogP contribution in [0.4, 0.5) is 0 Å². The van der Waals surface area contributed by atoms with E-state index in [9.17, 15) is 0 Å². The van der Waals surface area contributed by atoms with Gasteiger partial charge in [-0.15, -0.1) is 0 Å². The Balaban J connectivity index is 2.59. The predicted octanol–water partition coefficient (Wildman–Crippen LogP) is 5.65. The summed E-state index contributed by atoms with van der Waals surface area (Å²) in [6.07, 6.45) is 0. The minimum absolute atomic E-state index is 0.0914. The van der Waals surface area contributed by atoms with Gasteiger partial charge in [0.05, 0.1) is 11.6 Å². The molecule has 0 fully saturated rings. The second kappa shape index (κ2) is 5.74. The molecular weight excluding hydrogens is 254 g/mol. The lowest BCUT2D eigenvalue weighted by molar-refractivity contribution is 0.590. The Labute approximate surface area is 128 Å². The van der Waals surface area contributed by atoms with Gasteiger partial charge >= 0.3 is 0 Å². The largest absolute Gasteiger partial charge is 0.192 e. The fourth-order valence-corrected chi connectivity index (χ4v) is 2.52. The molecule has 108 valence electrons. The number of benzene rings is 2. The topological polar surface area (TPSA) is 23.8 Å². The van der Waals surface area contributed by atoms with Crippen LogP contribution in [0.3, 0.4) is 0 Å². The molecule has 0 atom stereocenters. The monoisotopic (exact) mass is 277 g/mol. The Kier molecular flexibility index (Phi) is 4.19. The van der Waals surface area contributed by atoms with Gasteiger partial charge in [0.1, 0.15) is 0 Å². The fourth-order valence-electron chi connectivity index (χ4n) is 2.52. The van der Waals surface area contributed by atoms with E-state index in [-0.39, 0.29) is 5.41 Å². The molecule has 0 bridgehead atoms. The van der Waals surface area contributed by atoms with Crippen molar-refractivity contribution in [1.82, 2.24) is 0 Å². The van der Waals surface area contributed by atoms with Gasteiger partial charge < -0.3 is 0 Å². The van der Waals surface area contributed by atoms with E-state index < -0.39 is 0 Å². The van der Waals surface area contributed by atoms with Crippen LogP contribution in [0.2, 0.25) is 0 Å². The lowest BCUT2D eigenvalue weighted by Gasteiger charge is -2.25. The second-order valence-electron chi connectivity index (χ2n) is 6.90. The lowest BCUT2D eigenvalue weighted by Crippen LogP contribution is -2.13. The van der Waals surface area contributed by atoms with Crippen molar-refractivity contribution in [3.8, 4) is 17.2 Å². The molecule has 0 aliphatic rings. The van der Waals surface area contributed by atoms with Gasteiger partial charge in [0.25, 0.3) is 0 Å². The second-order valence-corrected chi connectivity index (χ2v) is 6.90. The zero-order valence-electron chi connectivity index (χ0n) is 13.6. The van der Waals surface area contributed by atoms with Crippen molar-refractivity contribution in [3.63, 3.8) is 0 Å². The maximum atomic E-state index is 8.93. The molecule has 0 radical (unpaired) electrons. The molecule has 0 N–H and O–H groups in total. The highest BCUT2D eigenvalue weighted by Crippen LogP contribution is 2.35. The third kappa shape index (κ3) is 3.34. The summed E-state index contributed by atoms with van der Waals surface area (Å²) in [6.45, 7) is 11.2. The number of rotatable bonds is 2. The van der Waals surface area contributed by atoms with Gasteiger partial charge in [0.2, 0.25) is 0 Å². The van der Waals surface area contributed by atoms with Crippen molar-refractivity contribution >= 4 is 0 Å². The predicted molar refractivity (Wildman–Crippen MR) is 89.4 cm³/mol. The van der Waals surface area contributed by atoms with E-state index in [1.807, 2.05) is 24.3 Å². The van der Waals surface area contributed by atoms with E-state index in [4.69, 9.17) is 5.26 Å². The van der Waals surface area contributed by atoms with E-state index in [1.54, 1.807) is 0 Å². The van der Waals surface area contributed by atoms with E-state index in [0.29, 0.717) is 11.5 Å². The molecule has 0 amide bonds. The first kappa shape index (κ1) is 15.3. The van der Waals surface area contributed by atoms with Crippen LogP contribution in [0.15, 0.2) is 42.5 Å². The van der Waals surface area contributed by atoms with Crippen LogP contribution in [0.1, 0.15) is 57.2 Å². The zero-order chi connectivity index (χ0) is 15.6. The smallest absolute Gasteiger partial charge is 0.0991 e. The van der Waals surface area contributed by atoms with E-state index >= 15 is 0 Å². The lowest BCUT2D eigenvalue weighted by atomic mass is 9.80. The molecule has 2 aromatic carbocycles. The van der Waals surface area contributed by atoms with Crippen LogP contribution in [-0.4, -0.2) is 0 Å². The van der Waals surface area contributed by atoms with Gasteiger partial charge in [-0.3, -0.25) is 0 Å². The highest BCUT2D eigenvalue weighted by atomic mass is 14.3. The molecule has 2 aromatic rings. The van der Waals surface area contributed by atoms with Gasteiger partial charge in [0, 0.05) is 0 Å². The van der Waals surface area contributed by atoms with Crippen molar-refractivity contribution in [3.05, 3.63) is 59.2 Å². The van der Waals surface area contributed by atoms with Crippen LogP contribution < -0.4 is 0 Å². The van der Waals surface area contributed by atoms with E-state index in [0.717, 1.165) is 0 Å². The molecule has 0 saturated heterocycles. The Morgan fingerprint density at radius 2 is 1.57 bits per heavy atom. The van der Waals surface area contributed by atoms with Crippen molar-refractivity contribution in [2.24, 2.45) is 0 Å². The van der Waals surface area contributed by atoms with Gasteiger partial charge in [-0.05, 0) is 45.7 Å². The third-order valence-electron chi connectivity index (χ3n) is 3.84. The first-order valence-electron chi connectivity index (χ1n) is 7.48. The van der Waals surface area contributed by atoms with E-state index in [1.165, 1.54) is 22.3 Å². The van der Waals surface area contributed by atoms with Crippen LogP contribution in [0, 0.1) is 11.3 Å². The molecule has 1 heteroatoms. The molecular formula is C20H23N. The van der Waals surface area contributed by atoms with Crippen LogP contribution in [-0.2, 0) is 5.41 Å². The average molecular weight is 277 g/mol. The molecule has 0 heterocycles. The standard InChI is InChI=1S/C20H23N/c1-14(2)17-10-11-18(19(12-17)20(3,4)5)16-8-6-15(13-21)7-9-16/h6-12,14H,1-5H3. The molecule has 0 aliphatic carbocycles. The third-order valence-corrected chi connectivity index (χ3v) is 3.84. The summed E-state index contributed by atoms with van der Waals surface area (Å²) in [7, 11) is 0. The fraction of sp³-hybridized carbons (Fsp3) is 0.350. The molecule has 0 aromatic heterocycles. The number of hydrogen-bond donors (Lipinski definition) is 0. The quantitative estimate of drug-likeness (QED) is 0.696. The van der Waals surface area contributed by atoms with Gasteiger partial charge in [0.15, 0.2) is 0 Å². The molecule has 0 spiro atoms. The molecule has 0 saturated carbocycles. The van der Waals surface area contributed by atoms with Crippen LogP contribution in [0.25, 0.3) is 11.1 Å². The normalized spacial score (nSPS) is 11.5. The van der Waals surface area contributed by atoms with Crippen molar-refractivity contribution in [2.75, 3.05) is 0 Å². The Bertz CT molecular complexity index is 664. The summed E-state index contributed by atoms with van der Waals surface area (Å²) in [4.78, 5) is 0. The molecule has 1 nitrogen and oxygen atoms in total. The highest BCUT2D eigenvalue weighted by molar-refractivity contribution is 5.70. The summed E-state index contributed by atoms with van der Waals surface area (Å²) in [6, 6.07) is 16.8. The summed E-state index contributed by atoms with van der Waals surface area (Å²) >= 11 is 0. The highest BCUT2D eigenvalue weighted by Gasteiger charge is 2.19. The average Bonchev–Trinajstić information content (AvgIpc) is 2.46. The van der Waals surface area contributed by atoms with Crippen molar-refractivity contribution in [1.29, 1.82) is 5.26 Å². The molecule has 0 unspecified atom stereocenters. The van der Waals surface area contributed by atoms with Gasteiger partial charge in [-0.2, -0.15) is 5.26 Å². The SMILES string of the molecule is CC(C)c1ccc(-c2ccc(C#N)cc2)c(C(C)(C)C)c1. The summed E-state index contributed by atoms with van der Waals surface area (Å²) in [5.41, 5.74) is 5.96. The number of hydrogen-bond acceptors (Lipinski definition) is 1. The molecule has 21 heavy (non-hydrogen) atoms. The Morgan fingerprint density at radius 3 is 2.05 bits per heavy atom. The molecule has 0 aliphatic heterocycles. The molecule has 2 rings (SSSR count). The Hall–Kier alpha value is -2.07. The first-order valence-corrected chi connectivity index (χ1v) is 7.48. The van der Waals surface area contributed by atoms with E-state index in [2.05, 4.69) is 58.9 Å². The first-order chi connectivity index (χ1) is 9.82. The minimum atomic E-state index is 0.0914. The van der Waals surface area contributed by atoms with Crippen molar-refractivity contribution in [2.45, 2.75) is 46.0 Å². The Morgan fingerprint density at radius 1 is 0.952 bits per heavy atom. The van der Waals surface area contributed by atoms with Gasteiger partial charge in [-0.25, -0.2) is 0 Å². The van der Waals surface area contributed by atoms with Gasteiger partial charge in [-0.1, -0.05) is 65.0 Å². The van der Waals surface area contributed by atoms with Crippen molar-refractivity contribution < 1.29 is 0 Å². The summed E-state index contributed by atoms with van der Waals surface area (Å²) < 4.78 is 0. The summed E-state index contributed by atoms with van der Waals surface area (Å²) in [5.74, 6) is 0.529. The van der Waals surface area contributed by atoms with Crippen LogP contribution >= 0.6 is 0 Å². The van der Waals surface area contributed by atoms with Crippen LogP contribution in [0.5, 0.6) is 0 Å². The summed E-state index contributed by atoms with van der Waals surface area (Å²) in [5, 5.41) is 8.93. The number of nitrogens with zero attached hydrogens (tertiary/aromatic N) is 1. The zero-order valence-corrected chi connectivity index (χ0v) is 13.6. The maximum absolute atomic E-state index is 8.93.